The van der Waals surface area contributed by atoms with Crippen LogP contribution in [0.5, 0.6) is 5.75 Å². The van der Waals surface area contributed by atoms with Gasteiger partial charge in [0.1, 0.15) is 5.75 Å². The molecule has 0 saturated heterocycles. The van der Waals surface area contributed by atoms with Crippen LogP contribution in [0.15, 0.2) is 54.6 Å². The largest absolute Gasteiger partial charge is 0.484 e. The van der Waals surface area contributed by atoms with Crippen molar-refractivity contribution in [1.29, 1.82) is 0 Å². The smallest absolute Gasteiger partial charge is 0.255 e. The van der Waals surface area contributed by atoms with Crippen LogP contribution in [0.4, 0.5) is 5.69 Å². The van der Waals surface area contributed by atoms with E-state index in [0.717, 1.165) is 30.6 Å². The lowest BCUT2D eigenvalue weighted by Gasteiger charge is -2.28. The van der Waals surface area contributed by atoms with Crippen molar-refractivity contribution in [3.63, 3.8) is 0 Å². The van der Waals surface area contributed by atoms with Crippen LogP contribution in [0, 0.1) is 0 Å². The number of ether oxygens (including phenoxy) is 1. The highest BCUT2D eigenvalue weighted by atomic mass is 16.5. The van der Waals surface area contributed by atoms with E-state index in [1.165, 1.54) is 5.56 Å². The second kappa shape index (κ2) is 7.66. The number of fused-ring (bicyclic) bond motifs is 1. The lowest BCUT2D eigenvalue weighted by Crippen LogP contribution is -2.34. The topological polar surface area (TPSA) is 72.6 Å². The molecule has 1 heterocycles. The number of carbonyl (C=O) groups excluding carboxylic acids is 2. The molecule has 0 unspecified atom stereocenters. The molecule has 128 valence electrons. The number of nitrogens with zero attached hydrogens (tertiary/aromatic N) is 1. The summed E-state index contributed by atoms with van der Waals surface area (Å²) in [6, 6.07) is 15.2. The fourth-order valence-electron chi connectivity index (χ4n) is 2.85. The Kier molecular flexibility index (Phi) is 5.14. The molecule has 1 aliphatic rings. The summed E-state index contributed by atoms with van der Waals surface area (Å²) in [6.45, 7) is 0.585. The number of carbonyl (C=O) groups is 2. The van der Waals surface area contributed by atoms with E-state index in [9.17, 15) is 9.59 Å². The Labute approximate surface area is 146 Å². The first kappa shape index (κ1) is 16.8. The monoisotopic (exact) mass is 336 g/mol. The van der Waals surface area contributed by atoms with Crippen molar-refractivity contribution in [3.05, 3.63) is 65.7 Å². The molecule has 2 aromatic rings. The number of amides is 2. The molecule has 0 bridgehead atoms. The predicted molar refractivity (Wildman–Crippen MR) is 97.3 cm³/mol. The molecule has 5 heteroatoms. The summed E-state index contributed by atoms with van der Waals surface area (Å²) in [6.07, 6.45) is 5.34. The van der Waals surface area contributed by atoms with E-state index in [2.05, 4.69) is 6.07 Å². The molecular formula is C20H20N2O3. The molecule has 0 aliphatic carbocycles. The molecule has 0 spiro atoms. The molecule has 0 radical (unpaired) electrons. The highest BCUT2D eigenvalue weighted by molar-refractivity contribution is 6.04. The van der Waals surface area contributed by atoms with E-state index in [1.807, 2.05) is 35.2 Å². The van der Waals surface area contributed by atoms with Crippen molar-refractivity contribution in [2.24, 2.45) is 5.73 Å². The number of hydrogen-bond acceptors (Lipinski definition) is 3. The highest BCUT2D eigenvalue weighted by Gasteiger charge is 2.20. The van der Waals surface area contributed by atoms with Gasteiger partial charge in [-0.05, 0) is 48.2 Å². The second-order valence-electron chi connectivity index (χ2n) is 5.88. The Morgan fingerprint density at radius 1 is 1.12 bits per heavy atom. The van der Waals surface area contributed by atoms with Gasteiger partial charge < -0.3 is 15.4 Å². The zero-order valence-electron chi connectivity index (χ0n) is 13.9. The first-order chi connectivity index (χ1) is 12.1. The summed E-state index contributed by atoms with van der Waals surface area (Å²) < 4.78 is 5.21. The van der Waals surface area contributed by atoms with Crippen LogP contribution in [0.1, 0.15) is 17.5 Å². The predicted octanol–water partition coefficient (Wildman–Crippen LogP) is 2.54. The molecular weight excluding hydrogens is 316 g/mol. The van der Waals surface area contributed by atoms with Crippen molar-refractivity contribution < 1.29 is 14.3 Å². The number of primary amides is 1. The van der Waals surface area contributed by atoms with Gasteiger partial charge in [-0.25, -0.2) is 0 Å². The van der Waals surface area contributed by atoms with E-state index in [0.29, 0.717) is 5.75 Å². The number of para-hydroxylation sites is 1. The normalized spacial score (nSPS) is 13.5. The molecule has 2 amide bonds. The first-order valence-corrected chi connectivity index (χ1v) is 8.22. The molecule has 2 N–H and O–H groups in total. The van der Waals surface area contributed by atoms with Crippen molar-refractivity contribution >= 4 is 23.6 Å². The van der Waals surface area contributed by atoms with Gasteiger partial charge in [-0.15, -0.1) is 0 Å². The maximum absolute atomic E-state index is 12.5. The average molecular weight is 336 g/mol. The van der Waals surface area contributed by atoms with Gasteiger partial charge in [-0.3, -0.25) is 9.59 Å². The van der Waals surface area contributed by atoms with Crippen LogP contribution in [-0.4, -0.2) is 25.0 Å². The first-order valence-electron chi connectivity index (χ1n) is 8.22. The van der Waals surface area contributed by atoms with Gasteiger partial charge in [0.25, 0.3) is 11.8 Å². The maximum atomic E-state index is 12.5. The number of anilines is 1. The summed E-state index contributed by atoms with van der Waals surface area (Å²) in [5.74, 6) is 0.0184. The minimum Gasteiger partial charge on any atom is -0.484 e. The Balaban J connectivity index is 1.66. The summed E-state index contributed by atoms with van der Waals surface area (Å²) in [5, 5.41) is 0. The number of hydrogen-bond donors (Lipinski definition) is 1. The summed E-state index contributed by atoms with van der Waals surface area (Å²) >= 11 is 0. The Morgan fingerprint density at radius 3 is 2.64 bits per heavy atom. The second-order valence-corrected chi connectivity index (χ2v) is 5.88. The zero-order chi connectivity index (χ0) is 17.6. The Morgan fingerprint density at radius 2 is 1.88 bits per heavy atom. The zero-order valence-corrected chi connectivity index (χ0v) is 13.9. The molecule has 3 rings (SSSR count). The van der Waals surface area contributed by atoms with E-state index in [4.69, 9.17) is 10.5 Å². The molecule has 5 nitrogen and oxygen atoms in total. The van der Waals surface area contributed by atoms with Crippen molar-refractivity contribution in [2.75, 3.05) is 18.1 Å². The molecule has 25 heavy (non-hydrogen) atoms. The third kappa shape index (κ3) is 4.26. The van der Waals surface area contributed by atoms with Gasteiger partial charge in [-0.1, -0.05) is 30.3 Å². The minimum absolute atomic E-state index is 0.0267. The van der Waals surface area contributed by atoms with E-state index >= 15 is 0 Å². The van der Waals surface area contributed by atoms with E-state index in [-0.39, 0.29) is 12.5 Å². The quantitative estimate of drug-likeness (QED) is 0.853. The molecule has 0 fully saturated rings. The van der Waals surface area contributed by atoms with Gasteiger partial charge in [0, 0.05) is 18.3 Å². The minimum atomic E-state index is -0.517. The van der Waals surface area contributed by atoms with Crippen LogP contribution >= 0.6 is 0 Å². The fraction of sp³-hybridized carbons (Fsp3) is 0.200. The average Bonchev–Trinajstić information content (AvgIpc) is 2.64. The molecule has 0 saturated carbocycles. The summed E-state index contributed by atoms with van der Waals surface area (Å²) in [7, 11) is 0. The van der Waals surface area contributed by atoms with Gasteiger partial charge in [0.15, 0.2) is 6.61 Å². The number of rotatable bonds is 5. The molecule has 1 aliphatic heterocycles. The van der Waals surface area contributed by atoms with Gasteiger partial charge in [-0.2, -0.15) is 0 Å². The SMILES string of the molecule is NC(=O)COc1ccc(C=CC(=O)N2CCCc3ccccc32)cc1. The van der Waals surface area contributed by atoms with Crippen LogP contribution in [-0.2, 0) is 16.0 Å². The third-order valence-electron chi connectivity index (χ3n) is 4.06. The highest BCUT2D eigenvalue weighted by Crippen LogP contribution is 2.27. The standard InChI is InChI=1S/C20H20N2O3/c21-19(23)14-25-17-10-7-15(8-11-17)9-12-20(24)22-13-3-5-16-4-1-2-6-18(16)22/h1-2,4,6-12H,3,5,13-14H2,(H2,21,23). The lowest BCUT2D eigenvalue weighted by atomic mass is 10.0. The molecule has 0 aromatic heterocycles. The fourth-order valence-corrected chi connectivity index (χ4v) is 2.85. The van der Waals surface area contributed by atoms with E-state index in [1.54, 1.807) is 24.3 Å². The van der Waals surface area contributed by atoms with Crippen LogP contribution in [0.2, 0.25) is 0 Å². The van der Waals surface area contributed by atoms with E-state index < -0.39 is 5.91 Å². The van der Waals surface area contributed by atoms with Crippen molar-refractivity contribution in [2.45, 2.75) is 12.8 Å². The number of nitrogens with two attached hydrogens (primary N) is 1. The van der Waals surface area contributed by atoms with Crippen molar-refractivity contribution in [3.8, 4) is 5.75 Å². The molecule has 2 aromatic carbocycles. The van der Waals surface area contributed by atoms with Gasteiger partial charge in [0.2, 0.25) is 0 Å². The van der Waals surface area contributed by atoms with Crippen molar-refractivity contribution in [1.82, 2.24) is 0 Å². The maximum Gasteiger partial charge on any atom is 0.255 e. The number of benzene rings is 2. The van der Waals surface area contributed by atoms with Crippen LogP contribution in [0.3, 0.4) is 0 Å². The van der Waals surface area contributed by atoms with Gasteiger partial charge >= 0.3 is 0 Å². The Bertz CT molecular complexity index is 797. The Hall–Kier alpha value is -3.08. The van der Waals surface area contributed by atoms with Gasteiger partial charge in [0.05, 0.1) is 0 Å². The summed E-state index contributed by atoms with van der Waals surface area (Å²) in [5.41, 5.74) is 8.13. The van der Waals surface area contributed by atoms with Crippen LogP contribution in [0.25, 0.3) is 6.08 Å². The number of aryl methyl sites for hydroxylation is 1. The summed E-state index contributed by atoms with van der Waals surface area (Å²) in [4.78, 5) is 25.1. The lowest BCUT2D eigenvalue weighted by molar-refractivity contribution is -0.120. The molecule has 0 atom stereocenters. The van der Waals surface area contributed by atoms with Crippen LogP contribution < -0.4 is 15.4 Å². The third-order valence-corrected chi connectivity index (χ3v) is 4.06.